The van der Waals surface area contributed by atoms with Crippen LogP contribution in [0.5, 0.6) is 0 Å². The molecule has 3 aliphatic rings. The highest BCUT2D eigenvalue weighted by Gasteiger charge is 2.49. The van der Waals surface area contributed by atoms with Crippen molar-refractivity contribution in [2.75, 3.05) is 13.2 Å². The van der Waals surface area contributed by atoms with E-state index in [0.717, 1.165) is 5.57 Å². The monoisotopic (exact) mass is 614 g/mol. The molecule has 0 saturated carbocycles. The van der Waals surface area contributed by atoms with E-state index >= 15 is 0 Å². The van der Waals surface area contributed by atoms with Crippen molar-refractivity contribution in [2.45, 2.75) is 109 Å². The topological polar surface area (TPSA) is 132 Å². The Labute approximate surface area is 261 Å². The van der Waals surface area contributed by atoms with Gasteiger partial charge in [-0.2, -0.15) is 0 Å². The first-order valence-corrected chi connectivity index (χ1v) is 15.7. The number of hydrogen-bond acceptors (Lipinski definition) is 9. The van der Waals surface area contributed by atoms with Gasteiger partial charge in [-0.15, -0.1) is 0 Å². The van der Waals surface area contributed by atoms with Gasteiger partial charge in [-0.25, -0.2) is 9.59 Å². The summed E-state index contributed by atoms with van der Waals surface area (Å²) in [5, 5.41) is 31.1. The second-order valence-electron chi connectivity index (χ2n) is 12.1. The maximum atomic E-state index is 12.9. The van der Waals surface area contributed by atoms with Crippen molar-refractivity contribution in [3.8, 4) is 0 Å². The molecule has 4 bridgehead atoms. The van der Waals surface area contributed by atoms with Crippen LogP contribution in [0.3, 0.4) is 0 Å². The Bertz CT molecular complexity index is 1120. The molecule has 9 nitrogen and oxygen atoms in total. The molecular formula is C35H50O9. The summed E-state index contributed by atoms with van der Waals surface area (Å²) < 4.78 is 23.4. The van der Waals surface area contributed by atoms with Crippen LogP contribution in [0.15, 0.2) is 72.4 Å². The van der Waals surface area contributed by atoms with Gasteiger partial charge in [0.2, 0.25) is 0 Å². The van der Waals surface area contributed by atoms with Gasteiger partial charge < -0.3 is 34.3 Å². The maximum absolute atomic E-state index is 12.9. The molecule has 0 amide bonds. The second kappa shape index (κ2) is 17.6. The van der Waals surface area contributed by atoms with E-state index in [2.05, 4.69) is 6.08 Å². The lowest BCUT2D eigenvalue weighted by Crippen LogP contribution is -2.55. The molecule has 0 aromatic heterocycles. The van der Waals surface area contributed by atoms with E-state index in [0.29, 0.717) is 32.1 Å². The van der Waals surface area contributed by atoms with Gasteiger partial charge in [-0.3, -0.25) is 0 Å². The van der Waals surface area contributed by atoms with Gasteiger partial charge in [-0.05, 0) is 33.1 Å². The Hall–Kier alpha value is -2.82. The molecule has 0 spiro atoms. The molecule has 9 heteroatoms. The van der Waals surface area contributed by atoms with Gasteiger partial charge in [0.05, 0.1) is 49.1 Å². The smallest absolute Gasteiger partial charge is 0.335 e. The second-order valence-corrected chi connectivity index (χ2v) is 12.1. The molecule has 9 unspecified atom stereocenters. The lowest BCUT2D eigenvalue weighted by molar-refractivity contribution is -0.198. The summed E-state index contributed by atoms with van der Waals surface area (Å²) in [4.78, 5) is 24.6. The van der Waals surface area contributed by atoms with Gasteiger partial charge in [0.1, 0.15) is 6.10 Å². The van der Waals surface area contributed by atoms with E-state index in [1.54, 1.807) is 31.2 Å². The normalized spacial score (nSPS) is 38.4. The minimum absolute atomic E-state index is 0.0163. The summed E-state index contributed by atoms with van der Waals surface area (Å²) in [5.41, 5.74) is 0.162. The molecule has 44 heavy (non-hydrogen) atoms. The standard InChI is InChI=1S/C35H50O9/c1-5-41-34(40)28(37)17-12-13-18-31-35(4,23-36)32-22-27(43-31)16-9-6-8-14-24(2)20-30-25(3)29(38)21-26(42-30)15-10-7-11-19-33(39)44-32/h7-14,16,19-20,25-32,36-38H,5-6,15,17-18,21-23H2,1-4H3/b10-7+,13-12-,14-8+,16-9+,19-11+,24-20-. The number of aliphatic hydroxyl groups excluding tert-OH is 3. The van der Waals surface area contributed by atoms with Crippen LogP contribution in [0.2, 0.25) is 0 Å². The number of fused-ring (bicyclic) bond motifs is 4. The zero-order valence-corrected chi connectivity index (χ0v) is 26.4. The van der Waals surface area contributed by atoms with Crippen molar-refractivity contribution in [3.05, 3.63) is 72.4 Å². The average Bonchev–Trinajstić information content (AvgIpc) is 2.98. The molecule has 0 radical (unpaired) electrons. The van der Waals surface area contributed by atoms with E-state index in [9.17, 15) is 24.9 Å². The first-order valence-electron chi connectivity index (χ1n) is 15.7. The maximum Gasteiger partial charge on any atom is 0.335 e. The highest BCUT2D eigenvalue weighted by molar-refractivity contribution is 5.82. The van der Waals surface area contributed by atoms with E-state index in [1.165, 1.54) is 6.08 Å². The molecule has 3 heterocycles. The molecule has 244 valence electrons. The van der Waals surface area contributed by atoms with Crippen molar-refractivity contribution in [3.63, 3.8) is 0 Å². The Kier molecular flexibility index (Phi) is 14.3. The van der Waals surface area contributed by atoms with Crippen LogP contribution in [-0.4, -0.2) is 83.2 Å². The first kappa shape index (κ1) is 35.7. The van der Waals surface area contributed by atoms with Crippen LogP contribution in [0, 0.1) is 11.3 Å². The van der Waals surface area contributed by atoms with E-state index in [1.807, 2.05) is 51.2 Å². The van der Waals surface area contributed by atoms with Crippen molar-refractivity contribution in [2.24, 2.45) is 11.3 Å². The highest BCUT2D eigenvalue weighted by Crippen LogP contribution is 2.41. The third-order valence-corrected chi connectivity index (χ3v) is 8.58. The SMILES string of the molecule is CCOC(=O)C(O)C/C=C\CC1OC2/C=C/C/C=C/C(C)=C\C3OC(C/C=C/C=C/C(=O)OC(C2)C1(C)CO)CC(O)C3C. The lowest BCUT2D eigenvalue weighted by atomic mass is 9.73. The summed E-state index contributed by atoms with van der Waals surface area (Å²) in [5.74, 6) is -1.21. The van der Waals surface area contributed by atoms with Gasteiger partial charge in [0.25, 0.3) is 0 Å². The number of rotatable bonds is 7. The quantitative estimate of drug-likeness (QED) is 0.281. The molecule has 0 aromatic rings. The minimum Gasteiger partial charge on any atom is -0.464 e. The van der Waals surface area contributed by atoms with Gasteiger partial charge >= 0.3 is 11.9 Å². The van der Waals surface area contributed by atoms with E-state index < -0.39 is 41.8 Å². The summed E-state index contributed by atoms with van der Waals surface area (Å²) >= 11 is 0. The predicted molar refractivity (Wildman–Crippen MR) is 167 cm³/mol. The van der Waals surface area contributed by atoms with Crippen LogP contribution in [-0.2, 0) is 28.5 Å². The van der Waals surface area contributed by atoms with Crippen molar-refractivity contribution >= 4 is 11.9 Å². The Balaban J connectivity index is 1.80. The molecular weight excluding hydrogens is 564 g/mol. The highest BCUT2D eigenvalue weighted by atomic mass is 16.6. The van der Waals surface area contributed by atoms with Gasteiger partial charge in [0.15, 0.2) is 6.10 Å². The van der Waals surface area contributed by atoms with Crippen molar-refractivity contribution < 1.29 is 43.9 Å². The molecule has 0 aromatic carbocycles. The number of carbonyl (C=O) groups is 2. The number of allylic oxidation sites excluding steroid dienone is 6. The van der Waals surface area contributed by atoms with Crippen LogP contribution < -0.4 is 0 Å². The molecule has 2 saturated heterocycles. The Morgan fingerprint density at radius 2 is 1.95 bits per heavy atom. The Morgan fingerprint density at radius 1 is 1.16 bits per heavy atom. The minimum atomic E-state index is -1.25. The average molecular weight is 615 g/mol. The molecule has 9 atom stereocenters. The fourth-order valence-corrected chi connectivity index (χ4v) is 5.67. The molecule has 3 aliphatic heterocycles. The van der Waals surface area contributed by atoms with E-state index in [4.69, 9.17) is 18.9 Å². The van der Waals surface area contributed by atoms with Crippen LogP contribution >= 0.6 is 0 Å². The molecule has 3 rings (SSSR count). The third kappa shape index (κ3) is 10.4. The number of carbonyl (C=O) groups excluding carboxylic acids is 2. The number of aliphatic hydroxyl groups is 3. The van der Waals surface area contributed by atoms with Crippen LogP contribution in [0.1, 0.15) is 66.2 Å². The number of ether oxygens (including phenoxy) is 4. The number of hydrogen-bond donors (Lipinski definition) is 3. The van der Waals surface area contributed by atoms with Crippen molar-refractivity contribution in [1.82, 2.24) is 0 Å². The van der Waals surface area contributed by atoms with Crippen LogP contribution in [0.4, 0.5) is 0 Å². The van der Waals surface area contributed by atoms with Gasteiger partial charge in [0, 0.05) is 31.3 Å². The lowest BCUT2D eigenvalue weighted by Gasteiger charge is -2.47. The fourth-order valence-electron chi connectivity index (χ4n) is 5.67. The molecule has 3 N–H and O–H groups in total. The van der Waals surface area contributed by atoms with Crippen LogP contribution in [0.25, 0.3) is 0 Å². The number of esters is 2. The zero-order valence-electron chi connectivity index (χ0n) is 26.4. The summed E-state index contributed by atoms with van der Waals surface area (Å²) in [6.07, 6.45) is 19.4. The first-order chi connectivity index (χ1) is 21.1. The summed E-state index contributed by atoms with van der Waals surface area (Å²) in [6, 6.07) is 0. The molecule has 2 fully saturated rings. The largest absolute Gasteiger partial charge is 0.464 e. The van der Waals surface area contributed by atoms with E-state index in [-0.39, 0.29) is 43.9 Å². The predicted octanol–water partition coefficient (Wildman–Crippen LogP) is 4.43. The third-order valence-electron chi connectivity index (χ3n) is 8.58. The van der Waals surface area contributed by atoms with Crippen molar-refractivity contribution in [1.29, 1.82) is 0 Å². The molecule has 0 aliphatic carbocycles. The zero-order chi connectivity index (χ0) is 32.1. The summed E-state index contributed by atoms with van der Waals surface area (Å²) in [6.45, 7) is 7.46. The summed E-state index contributed by atoms with van der Waals surface area (Å²) in [7, 11) is 0. The fraction of sp³-hybridized carbons (Fsp3) is 0.600. The Morgan fingerprint density at radius 3 is 2.70 bits per heavy atom. The van der Waals surface area contributed by atoms with Gasteiger partial charge in [-0.1, -0.05) is 80.2 Å².